The second-order valence-electron chi connectivity index (χ2n) is 6.57. The predicted molar refractivity (Wildman–Crippen MR) is 97.0 cm³/mol. The molecule has 1 heterocycles. The number of carboxylic acid groups (broad SMARTS) is 1. The smallest absolute Gasteiger partial charge is 0.417 e. The zero-order chi connectivity index (χ0) is 21.4. The van der Waals surface area contributed by atoms with E-state index in [1.54, 1.807) is 0 Å². The Hall–Kier alpha value is -3.06. The monoisotopic (exact) mass is 424 g/mol. The first-order chi connectivity index (χ1) is 13.6. The molecule has 2 aromatic rings. The maximum absolute atomic E-state index is 13.3. The average Bonchev–Trinajstić information content (AvgIpc) is 3.14. The minimum atomic E-state index is -4.87. The predicted octanol–water partition coefficient (Wildman–Crippen LogP) is 3.08. The number of hydrogen-bond donors (Lipinski definition) is 1. The largest absolute Gasteiger partial charge is 0.480 e. The third-order valence-corrected chi connectivity index (χ3v) is 6.98. The molecule has 2 unspecified atom stereocenters. The maximum atomic E-state index is 13.3. The van der Waals surface area contributed by atoms with Gasteiger partial charge in [-0.2, -0.15) is 18.4 Å². The van der Waals surface area contributed by atoms with Crippen molar-refractivity contribution in [3.63, 3.8) is 0 Å². The molecular formula is C19H15F3N2O4S. The second-order valence-corrected chi connectivity index (χ2v) is 8.76. The minimum Gasteiger partial charge on any atom is -0.480 e. The molecule has 2 atom stereocenters. The summed E-state index contributed by atoms with van der Waals surface area (Å²) in [7, 11) is -4.47. The summed E-state index contributed by atoms with van der Waals surface area (Å²) in [5, 5.41) is 17.2. The number of anilines is 1. The second kappa shape index (κ2) is 7.40. The molecule has 0 bridgehead atoms. The third kappa shape index (κ3) is 3.91. The van der Waals surface area contributed by atoms with Crippen LogP contribution in [0.3, 0.4) is 0 Å². The Balaban J connectivity index is 2.03. The Labute approximate surface area is 164 Å². The first-order valence-electron chi connectivity index (χ1n) is 8.45. The SMILES string of the molecule is N#Cc1cccc(N2CC(S(=O)(=O)c3ccccc3C(F)(F)F)CC2C(=O)O)c1. The average molecular weight is 424 g/mol. The first-order valence-corrected chi connectivity index (χ1v) is 10.00. The summed E-state index contributed by atoms with van der Waals surface area (Å²) < 4.78 is 65.9. The fourth-order valence-electron chi connectivity index (χ4n) is 3.42. The van der Waals surface area contributed by atoms with Crippen LogP contribution in [0.15, 0.2) is 53.4 Å². The number of aliphatic carboxylic acids is 1. The van der Waals surface area contributed by atoms with Gasteiger partial charge in [-0.25, -0.2) is 13.2 Å². The van der Waals surface area contributed by atoms with E-state index in [1.165, 1.54) is 35.2 Å². The van der Waals surface area contributed by atoms with E-state index in [0.717, 1.165) is 12.1 Å². The molecule has 0 saturated carbocycles. The van der Waals surface area contributed by atoms with Crippen molar-refractivity contribution in [2.45, 2.75) is 28.8 Å². The zero-order valence-electron chi connectivity index (χ0n) is 14.8. The number of nitriles is 1. The van der Waals surface area contributed by atoms with Gasteiger partial charge in [-0.3, -0.25) is 0 Å². The lowest BCUT2D eigenvalue weighted by Gasteiger charge is -2.23. The van der Waals surface area contributed by atoms with Crippen molar-refractivity contribution >= 4 is 21.5 Å². The lowest BCUT2D eigenvalue weighted by Crippen LogP contribution is -2.36. The van der Waals surface area contributed by atoms with Gasteiger partial charge in [0.25, 0.3) is 0 Å². The molecule has 0 aromatic heterocycles. The Morgan fingerprint density at radius 1 is 1.17 bits per heavy atom. The number of halogens is 3. The van der Waals surface area contributed by atoms with Crippen LogP contribution < -0.4 is 4.90 Å². The molecule has 1 aliphatic heterocycles. The van der Waals surface area contributed by atoms with Gasteiger partial charge in [0, 0.05) is 12.2 Å². The molecule has 6 nitrogen and oxygen atoms in total. The number of sulfone groups is 1. The molecule has 10 heteroatoms. The van der Waals surface area contributed by atoms with Gasteiger partial charge in [0.1, 0.15) is 6.04 Å². The van der Waals surface area contributed by atoms with Crippen LogP contribution in [0.4, 0.5) is 18.9 Å². The van der Waals surface area contributed by atoms with E-state index in [2.05, 4.69) is 0 Å². The van der Waals surface area contributed by atoms with Crippen LogP contribution in [0, 0.1) is 11.3 Å². The minimum absolute atomic E-state index is 0.250. The third-order valence-electron chi connectivity index (χ3n) is 4.79. The summed E-state index contributed by atoms with van der Waals surface area (Å²) in [6, 6.07) is 10.5. The van der Waals surface area contributed by atoms with E-state index in [-0.39, 0.29) is 18.5 Å². The molecular weight excluding hydrogens is 409 g/mol. The molecule has 2 aromatic carbocycles. The Bertz CT molecular complexity index is 1090. The topological polar surface area (TPSA) is 98.5 Å². The molecule has 1 fully saturated rings. The Morgan fingerprint density at radius 2 is 1.86 bits per heavy atom. The van der Waals surface area contributed by atoms with Crippen LogP contribution in [-0.2, 0) is 20.8 Å². The van der Waals surface area contributed by atoms with E-state index in [0.29, 0.717) is 11.8 Å². The van der Waals surface area contributed by atoms with Crippen molar-refractivity contribution in [1.29, 1.82) is 5.26 Å². The van der Waals surface area contributed by atoms with Crippen molar-refractivity contribution in [3.05, 3.63) is 59.7 Å². The lowest BCUT2D eigenvalue weighted by atomic mass is 10.1. The maximum Gasteiger partial charge on any atom is 0.417 e. The van der Waals surface area contributed by atoms with Gasteiger partial charge < -0.3 is 10.0 Å². The zero-order valence-corrected chi connectivity index (χ0v) is 15.6. The molecule has 1 N–H and O–H groups in total. The van der Waals surface area contributed by atoms with Crippen molar-refractivity contribution in [1.82, 2.24) is 0 Å². The van der Waals surface area contributed by atoms with Crippen LogP contribution in [0.5, 0.6) is 0 Å². The first kappa shape index (κ1) is 20.7. The number of carboxylic acids is 1. The van der Waals surface area contributed by atoms with E-state index in [9.17, 15) is 31.5 Å². The van der Waals surface area contributed by atoms with E-state index in [4.69, 9.17) is 5.26 Å². The summed E-state index contributed by atoms with van der Waals surface area (Å²) in [6.45, 7) is -0.305. The summed E-state index contributed by atoms with van der Waals surface area (Å²) in [5.74, 6) is -1.30. The normalized spacial score (nSPS) is 19.7. The number of hydrogen-bond acceptors (Lipinski definition) is 5. The molecule has 29 heavy (non-hydrogen) atoms. The number of rotatable bonds is 4. The van der Waals surface area contributed by atoms with E-state index >= 15 is 0 Å². The van der Waals surface area contributed by atoms with Crippen LogP contribution in [-0.4, -0.2) is 37.3 Å². The van der Waals surface area contributed by atoms with Crippen LogP contribution >= 0.6 is 0 Å². The van der Waals surface area contributed by atoms with Crippen molar-refractivity contribution < 1.29 is 31.5 Å². The summed E-state index contributed by atoms with van der Waals surface area (Å²) in [6.07, 6.45) is -5.24. The summed E-state index contributed by atoms with van der Waals surface area (Å²) >= 11 is 0. The molecule has 3 rings (SSSR count). The highest BCUT2D eigenvalue weighted by Crippen LogP contribution is 2.38. The number of nitrogens with zero attached hydrogens (tertiary/aromatic N) is 2. The highest BCUT2D eigenvalue weighted by molar-refractivity contribution is 7.92. The van der Waals surface area contributed by atoms with Gasteiger partial charge in [0.05, 0.1) is 27.3 Å². The standard InChI is InChI=1S/C19H15F3N2O4S/c20-19(21,22)15-6-1-2-7-17(15)29(27,28)14-9-16(18(25)26)24(11-14)13-5-3-4-12(8-13)10-23/h1-8,14,16H,9,11H2,(H,25,26). The van der Waals surface area contributed by atoms with Gasteiger partial charge in [-0.1, -0.05) is 18.2 Å². The fourth-order valence-corrected chi connectivity index (χ4v) is 5.33. The van der Waals surface area contributed by atoms with Crippen molar-refractivity contribution in [2.75, 3.05) is 11.4 Å². The summed E-state index contributed by atoms with van der Waals surface area (Å²) in [4.78, 5) is 12.1. The van der Waals surface area contributed by atoms with Crippen molar-refractivity contribution in [2.24, 2.45) is 0 Å². The van der Waals surface area contributed by atoms with Crippen LogP contribution in [0.2, 0.25) is 0 Å². The van der Waals surface area contributed by atoms with Crippen LogP contribution in [0.25, 0.3) is 0 Å². The van der Waals surface area contributed by atoms with Gasteiger partial charge in [-0.15, -0.1) is 0 Å². The van der Waals surface area contributed by atoms with Crippen LogP contribution in [0.1, 0.15) is 17.5 Å². The van der Waals surface area contributed by atoms with Gasteiger partial charge in [-0.05, 0) is 36.8 Å². The Morgan fingerprint density at radius 3 is 2.48 bits per heavy atom. The molecule has 0 amide bonds. The molecule has 0 aliphatic carbocycles. The molecule has 0 radical (unpaired) electrons. The highest BCUT2D eigenvalue weighted by Gasteiger charge is 2.46. The number of benzene rings is 2. The summed E-state index contributed by atoms with van der Waals surface area (Å²) in [5.41, 5.74) is -0.713. The van der Waals surface area contributed by atoms with Gasteiger partial charge in [0.15, 0.2) is 9.84 Å². The van der Waals surface area contributed by atoms with Gasteiger partial charge >= 0.3 is 12.1 Å². The highest BCUT2D eigenvalue weighted by atomic mass is 32.2. The number of carbonyl (C=O) groups is 1. The molecule has 0 spiro atoms. The van der Waals surface area contributed by atoms with E-state index < -0.39 is 43.7 Å². The Kier molecular flexibility index (Phi) is 5.28. The van der Waals surface area contributed by atoms with E-state index in [1.807, 2.05) is 6.07 Å². The quantitative estimate of drug-likeness (QED) is 0.810. The number of alkyl halides is 3. The molecule has 152 valence electrons. The lowest BCUT2D eigenvalue weighted by molar-refractivity contribution is -0.140. The molecule has 1 aliphatic rings. The fraction of sp³-hybridized carbons (Fsp3) is 0.263. The van der Waals surface area contributed by atoms with Crippen molar-refractivity contribution in [3.8, 4) is 6.07 Å². The van der Waals surface area contributed by atoms with Gasteiger partial charge in [0.2, 0.25) is 0 Å². The molecule has 1 saturated heterocycles.